The Balaban J connectivity index is 2.23. The van der Waals surface area contributed by atoms with Gasteiger partial charge in [0.2, 0.25) is 0 Å². The number of hydrogen-bond acceptors (Lipinski definition) is 3. The van der Waals surface area contributed by atoms with E-state index in [4.69, 9.17) is 10.5 Å². The van der Waals surface area contributed by atoms with Crippen LogP contribution in [-0.4, -0.2) is 16.9 Å². The fourth-order valence-electron chi connectivity index (χ4n) is 3.49. The molecule has 4 heteroatoms. The van der Waals surface area contributed by atoms with Crippen LogP contribution < -0.4 is 10.5 Å². The van der Waals surface area contributed by atoms with Crippen LogP contribution in [0.5, 0.6) is 5.75 Å². The standard InChI is InChI=1S/C16H29N3O/c1-5-12-7-6-8-13(9-12)15(17)16-14(20-4)10-18-19(16)11(2)3/h10-13,15H,5-9,17H2,1-4H3. The Hall–Kier alpha value is -1.03. The Morgan fingerprint density at radius 2 is 2.20 bits per heavy atom. The number of nitrogens with zero attached hydrogens (tertiary/aromatic N) is 2. The molecule has 0 aromatic carbocycles. The van der Waals surface area contributed by atoms with Crippen molar-refractivity contribution >= 4 is 0 Å². The van der Waals surface area contributed by atoms with Crippen molar-refractivity contribution in [3.05, 3.63) is 11.9 Å². The third-order valence-corrected chi connectivity index (χ3v) is 4.73. The smallest absolute Gasteiger partial charge is 0.161 e. The van der Waals surface area contributed by atoms with Crippen LogP contribution in [0.2, 0.25) is 0 Å². The number of methoxy groups -OCH3 is 1. The molecule has 3 atom stereocenters. The summed E-state index contributed by atoms with van der Waals surface area (Å²) in [4.78, 5) is 0. The summed E-state index contributed by atoms with van der Waals surface area (Å²) in [5.74, 6) is 2.22. The van der Waals surface area contributed by atoms with E-state index in [0.29, 0.717) is 12.0 Å². The van der Waals surface area contributed by atoms with Crippen LogP contribution in [0.25, 0.3) is 0 Å². The van der Waals surface area contributed by atoms with Crippen LogP contribution in [0.3, 0.4) is 0 Å². The molecule has 0 saturated heterocycles. The first-order valence-corrected chi connectivity index (χ1v) is 7.95. The summed E-state index contributed by atoms with van der Waals surface area (Å²) in [7, 11) is 1.70. The second-order valence-corrected chi connectivity index (χ2v) is 6.36. The Kier molecular flexibility index (Phi) is 5.08. The molecule has 1 fully saturated rings. The van der Waals surface area contributed by atoms with Gasteiger partial charge in [0.15, 0.2) is 5.75 Å². The minimum atomic E-state index is 0.0317. The molecule has 2 N–H and O–H groups in total. The van der Waals surface area contributed by atoms with Gasteiger partial charge < -0.3 is 10.5 Å². The minimum Gasteiger partial charge on any atom is -0.493 e. The van der Waals surface area contributed by atoms with Crippen molar-refractivity contribution in [3.8, 4) is 5.75 Å². The molecule has 1 aliphatic rings. The number of hydrogen-bond donors (Lipinski definition) is 1. The Bertz CT molecular complexity index is 427. The fraction of sp³-hybridized carbons (Fsp3) is 0.812. The third kappa shape index (κ3) is 3.00. The van der Waals surface area contributed by atoms with Gasteiger partial charge >= 0.3 is 0 Å². The van der Waals surface area contributed by atoms with Crippen molar-refractivity contribution in [2.45, 2.75) is 65.0 Å². The van der Waals surface area contributed by atoms with Crippen LogP contribution in [0.1, 0.15) is 70.7 Å². The van der Waals surface area contributed by atoms with Crippen LogP contribution >= 0.6 is 0 Å². The van der Waals surface area contributed by atoms with Gasteiger partial charge in [-0.3, -0.25) is 4.68 Å². The van der Waals surface area contributed by atoms with Crippen molar-refractivity contribution in [2.24, 2.45) is 17.6 Å². The highest BCUT2D eigenvalue weighted by molar-refractivity contribution is 5.29. The van der Waals surface area contributed by atoms with Crippen LogP contribution in [0.4, 0.5) is 0 Å². The summed E-state index contributed by atoms with van der Waals surface area (Å²) in [5.41, 5.74) is 7.68. The lowest BCUT2D eigenvalue weighted by molar-refractivity contribution is 0.221. The molecule has 1 saturated carbocycles. The Morgan fingerprint density at radius 3 is 2.80 bits per heavy atom. The molecule has 1 aromatic heterocycles. The lowest BCUT2D eigenvalue weighted by Gasteiger charge is -2.33. The van der Waals surface area contributed by atoms with Gasteiger partial charge in [-0.15, -0.1) is 0 Å². The van der Waals surface area contributed by atoms with Crippen molar-refractivity contribution in [1.29, 1.82) is 0 Å². The predicted molar refractivity (Wildman–Crippen MR) is 81.8 cm³/mol. The molecule has 3 unspecified atom stereocenters. The summed E-state index contributed by atoms with van der Waals surface area (Å²) in [6, 6.07) is 0.342. The predicted octanol–water partition coefficient (Wildman–Crippen LogP) is 3.69. The second kappa shape index (κ2) is 6.61. The van der Waals surface area contributed by atoms with Gasteiger partial charge in [-0.2, -0.15) is 5.10 Å². The molecular weight excluding hydrogens is 250 g/mol. The topological polar surface area (TPSA) is 53.1 Å². The maximum atomic E-state index is 6.61. The molecule has 1 aliphatic carbocycles. The van der Waals surface area contributed by atoms with Gasteiger partial charge in [0.05, 0.1) is 25.0 Å². The zero-order valence-electron chi connectivity index (χ0n) is 13.3. The highest BCUT2D eigenvalue weighted by Gasteiger charge is 2.31. The third-order valence-electron chi connectivity index (χ3n) is 4.73. The van der Waals surface area contributed by atoms with Gasteiger partial charge in [0.1, 0.15) is 0 Å². The summed E-state index contributed by atoms with van der Waals surface area (Å²) in [6.45, 7) is 6.56. The summed E-state index contributed by atoms with van der Waals surface area (Å²) in [6.07, 6.45) is 8.20. The molecule has 0 radical (unpaired) electrons. The van der Waals surface area contributed by atoms with Gasteiger partial charge in [0.25, 0.3) is 0 Å². The first kappa shape index (κ1) is 15.4. The largest absolute Gasteiger partial charge is 0.493 e. The van der Waals surface area contributed by atoms with Crippen LogP contribution in [0.15, 0.2) is 6.20 Å². The molecule has 1 aromatic rings. The maximum absolute atomic E-state index is 6.61. The van der Waals surface area contributed by atoms with E-state index in [1.165, 1.54) is 32.1 Å². The van der Waals surface area contributed by atoms with E-state index in [1.54, 1.807) is 13.3 Å². The van der Waals surface area contributed by atoms with Gasteiger partial charge in [-0.05, 0) is 38.5 Å². The van der Waals surface area contributed by atoms with Crippen molar-refractivity contribution in [2.75, 3.05) is 7.11 Å². The van der Waals surface area contributed by atoms with Gasteiger partial charge in [-0.1, -0.05) is 26.2 Å². The monoisotopic (exact) mass is 279 g/mol. The highest BCUT2D eigenvalue weighted by atomic mass is 16.5. The van der Waals surface area contributed by atoms with Crippen LogP contribution in [-0.2, 0) is 0 Å². The minimum absolute atomic E-state index is 0.0317. The zero-order valence-corrected chi connectivity index (χ0v) is 13.3. The highest BCUT2D eigenvalue weighted by Crippen LogP contribution is 2.40. The average Bonchev–Trinajstić information content (AvgIpc) is 2.90. The zero-order chi connectivity index (χ0) is 14.7. The lowest BCUT2D eigenvalue weighted by Crippen LogP contribution is -2.29. The van der Waals surface area contributed by atoms with E-state index in [0.717, 1.165) is 17.4 Å². The van der Waals surface area contributed by atoms with E-state index >= 15 is 0 Å². The second-order valence-electron chi connectivity index (χ2n) is 6.36. The fourth-order valence-corrected chi connectivity index (χ4v) is 3.49. The molecule has 114 valence electrons. The number of ether oxygens (including phenoxy) is 1. The van der Waals surface area contributed by atoms with Gasteiger partial charge in [0, 0.05) is 6.04 Å². The summed E-state index contributed by atoms with van der Waals surface area (Å²) < 4.78 is 7.50. The summed E-state index contributed by atoms with van der Waals surface area (Å²) in [5, 5.41) is 4.45. The van der Waals surface area contributed by atoms with Crippen LogP contribution in [0, 0.1) is 11.8 Å². The van der Waals surface area contributed by atoms with E-state index < -0.39 is 0 Å². The van der Waals surface area contributed by atoms with E-state index in [1.807, 2.05) is 4.68 Å². The number of aromatic nitrogens is 2. The molecule has 0 aliphatic heterocycles. The summed E-state index contributed by atoms with van der Waals surface area (Å²) >= 11 is 0. The van der Waals surface area contributed by atoms with E-state index in [-0.39, 0.29) is 6.04 Å². The molecule has 20 heavy (non-hydrogen) atoms. The lowest BCUT2D eigenvalue weighted by atomic mass is 9.76. The molecule has 2 rings (SSSR count). The number of rotatable bonds is 5. The molecule has 0 amide bonds. The first-order chi connectivity index (χ1) is 9.58. The SMILES string of the molecule is CCC1CCCC(C(N)c2c(OC)cnn2C(C)C)C1. The molecular formula is C16H29N3O. The molecule has 0 spiro atoms. The van der Waals surface area contributed by atoms with Crippen molar-refractivity contribution < 1.29 is 4.74 Å². The Labute approximate surface area is 122 Å². The van der Waals surface area contributed by atoms with Crippen molar-refractivity contribution in [1.82, 2.24) is 9.78 Å². The molecule has 1 heterocycles. The average molecular weight is 279 g/mol. The van der Waals surface area contributed by atoms with E-state index in [2.05, 4.69) is 25.9 Å². The molecule has 0 bridgehead atoms. The van der Waals surface area contributed by atoms with E-state index in [9.17, 15) is 0 Å². The number of nitrogens with two attached hydrogens (primary N) is 1. The normalized spacial score (nSPS) is 24.9. The first-order valence-electron chi connectivity index (χ1n) is 7.95. The molecule has 4 nitrogen and oxygen atoms in total. The maximum Gasteiger partial charge on any atom is 0.161 e. The van der Waals surface area contributed by atoms with Crippen molar-refractivity contribution in [3.63, 3.8) is 0 Å². The van der Waals surface area contributed by atoms with Gasteiger partial charge in [-0.25, -0.2) is 0 Å². The Morgan fingerprint density at radius 1 is 1.45 bits per heavy atom. The quantitative estimate of drug-likeness (QED) is 0.894.